The van der Waals surface area contributed by atoms with Gasteiger partial charge in [-0.3, -0.25) is 9.47 Å². The molecule has 0 unspecified atom stereocenters. The van der Waals surface area contributed by atoms with E-state index >= 15 is 0 Å². The Hall–Kier alpha value is -1.68. The number of nitrogens with zero attached hydrogens (tertiary/aromatic N) is 4. The fourth-order valence-electron chi connectivity index (χ4n) is 2.40. The van der Waals surface area contributed by atoms with E-state index in [1.807, 2.05) is 4.57 Å². The van der Waals surface area contributed by atoms with E-state index in [0.29, 0.717) is 0 Å². The standard InChI is InChI=1S/C17H26N4/c1-3-5-11-20(12-6-4-2)13-16-7-9-17(10-8-16)21-14-18-19-15-21/h7-10,14-15H,3-6,11-13H2,1-2H3. The molecule has 0 saturated heterocycles. The van der Waals surface area contributed by atoms with Gasteiger partial charge in [0.05, 0.1) is 0 Å². The maximum Gasteiger partial charge on any atom is 0.123 e. The molecule has 0 bridgehead atoms. The Morgan fingerprint density at radius 2 is 1.48 bits per heavy atom. The third-order valence-electron chi connectivity index (χ3n) is 3.72. The van der Waals surface area contributed by atoms with Gasteiger partial charge in [-0.15, -0.1) is 10.2 Å². The SMILES string of the molecule is CCCCN(CCCC)Cc1ccc(-n2cnnc2)cc1. The minimum atomic E-state index is 1.04. The summed E-state index contributed by atoms with van der Waals surface area (Å²) in [5, 5.41) is 7.68. The molecule has 2 rings (SSSR count). The Bertz CT molecular complexity index is 482. The number of hydrogen-bond acceptors (Lipinski definition) is 3. The Morgan fingerprint density at radius 1 is 0.905 bits per heavy atom. The van der Waals surface area contributed by atoms with Crippen LogP contribution < -0.4 is 0 Å². The summed E-state index contributed by atoms with van der Waals surface area (Å²) in [6.07, 6.45) is 8.53. The lowest BCUT2D eigenvalue weighted by Crippen LogP contribution is -2.25. The van der Waals surface area contributed by atoms with Crippen molar-refractivity contribution in [3.05, 3.63) is 42.5 Å². The highest BCUT2D eigenvalue weighted by atomic mass is 15.2. The van der Waals surface area contributed by atoms with E-state index in [0.717, 1.165) is 12.2 Å². The van der Waals surface area contributed by atoms with E-state index in [4.69, 9.17) is 0 Å². The van der Waals surface area contributed by atoms with Crippen LogP contribution in [0.3, 0.4) is 0 Å². The van der Waals surface area contributed by atoms with E-state index < -0.39 is 0 Å². The molecule has 0 aliphatic heterocycles. The molecule has 1 aromatic heterocycles. The van der Waals surface area contributed by atoms with Crippen LogP contribution in [-0.4, -0.2) is 32.8 Å². The van der Waals surface area contributed by atoms with Crippen LogP contribution >= 0.6 is 0 Å². The van der Waals surface area contributed by atoms with Gasteiger partial charge in [0, 0.05) is 12.2 Å². The lowest BCUT2D eigenvalue weighted by atomic mass is 10.1. The van der Waals surface area contributed by atoms with Crippen LogP contribution in [0.15, 0.2) is 36.9 Å². The normalized spacial score (nSPS) is 11.2. The topological polar surface area (TPSA) is 34.0 Å². The molecule has 2 aromatic rings. The zero-order chi connectivity index (χ0) is 14.9. The lowest BCUT2D eigenvalue weighted by Gasteiger charge is -2.22. The predicted molar refractivity (Wildman–Crippen MR) is 86.5 cm³/mol. The summed E-state index contributed by atoms with van der Waals surface area (Å²) in [6.45, 7) is 7.95. The number of benzene rings is 1. The fraction of sp³-hybridized carbons (Fsp3) is 0.529. The van der Waals surface area contributed by atoms with Crippen molar-refractivity contribution < 1.29 is 0 Å². The fourth-order valence-corrected chi connectivity index (χ4v) is 2.40. The van der Waals surface area contributed by atoms with Gasteiger partial charge in [0.1, 0.15) is 12.7 Å². The van der Waals surface area contributed by atoms with Crippen molar-refractivity contribution in [3.8, 4) is 5.69 Å². The molecule has 1 aromatic carbocycles. The van der Waals surface area contributed by atoms with E-state index in [-0.39, 0.29) is 0 Å². The molecule has 0 atom stereocenters. The molecule has 114 valence electrons. The molecule has 0 spiro atoms. The summed E-state index contributed by atoms with van der Waals surface area (Å²) in [5.74, 6) is 0. The van der Waals surface area contributed by atoms with Crippen molar-refractivity contribution in [1.29, 1.82) is 0 Å². The third kappa shape index (κ3) is 4.97. The third-order valence-corrected chi connectivity index (χ3v) is 3.72. The Balaban J connectivity index is 1.96. The summed E-state index contributed by atoms with van der Waals surface area (Å²) in [6, 6.07) is 8.69. The predicted octanol–water partition coefficient (Wildman–Crippen LogP) is 3.67. The smallest absolute Gasteiger partial charge is 0.123 e. The van der Waals surface area contributed by atoms with Crippen molar-refractivity contribution in [3.63, 3.8) is 0 Å². The second kappa shape index (κ2) is 8.57. The highest BCUT2D eigenvalue weighted by molar-refractivity contribution is 5.34. The summed E-state index contributed by atoms with van der Waals surface area (Å²) < 4.78 is 1.93. The molecule has 0 aliphatic carbocycles. The maximum absolute atomic E-state index is 3.84. The second-order valence-corrected chi connectivity index (χ2v) is 5.52. The Kier molecular flexibility index (Phi) is 6.41. The highest BCUT2D eigenvalue weighted by Crippen LogP contribution is 2.12. The molecule has 0 saturated carbocycles. The van der Waals surface area contributed by atoms with Gasteiger partial charge in [-0.2, -0.15) is 0 Å². The number of aromatic nitrogens is 3. The minimum absolute atomic E-state index is 1.04. The van der Waals surface area contributed by atoms with Crippen LogP contribution in [0.4, 0.5) is 0 Å². The van der Waals surface area contributed by atoms with Crippen LogP contribution in [0, 0.1) is 0 Å². The van der Waals surface area contributed by atoms with Crippen LogP contribution in [-0.2, 0) is 6.54 Å². The van der Waals surface area contributed by atoms with Crippen molar-refractivity contribution in [2.75, 3.05) is 13.1 Å². The van der Waals surface area contributed by atoms with Gasteiger partial charge >= 0.3 is 0 Å². The van der Waals surface area contributed by atoms with Gasteiger partial charge in [-0.25, -0.2) is 0 Å². The van der Waals surface area contributed by atoms with E-state index in [1.165, 1.54) is 44.3 Å². The highest BCUT2D eigenvalue weighted by Gasteiger charge is 2.05. The molecular weight excluding hydrogens is 260 g/mol. The summed E-state index contributed by atoms with van der Waals surface area (Å²) in [7, 11) is 0. The average Bonchev–Trinajstić information content (AvgIpc) is 3.05. The minimum Gasteiger partial charge on any atom is -0.299 e. The zero-order valence-electron chi connectivity index (χ0n) is 13.2. The van der Waals surface area contributed by atoms with Gasteiger partial charge in [0.15, 0.2) is 0 Å². The molecule has 0 aliphatic rings. The number of unbranched alkanes of at least 4 members (excludes halogenated alkanes) is 2. The molecule has 4 nitrogen and oxygen atoms in total. The van der Waals surface area contributed by atoms with E-state index in [9.17, 15) is 0 Å². The van der Waals surface area contributed by atoms with Crippen LogP contribution in [0.1, 0.15) is 45.1 Å². The number of rotatable bonds is 9. The maximum atomic E-state index is 3.84. The molecule has 4 heteroatoms. The summed E-state index contributed by atoms with van der Waals surface area (Å²) >= 11 is 0. The first-order valence-electron chi connectivity index (χ1n) is 7.99. The van der Waals surface area contributed by atoms with E-state index in [1.54, 1.807) is 12.7 Å². The first-order chi connectivity index (χ1) is 10.3. The molecular formula is C17H26N4. The van der Waals surface area contributed by atoms with Crippen molar-refractivity contribution in [2.45, 2.75) is 46.1 Å². The van der Waals surface area contributed by atoms with Crippen LogP contribution in [0.5, 0.6) is 0 Å². The largest absolute Gasteiger partial charge is 0.299 e. The average molecular weight is 286 g/mol. The monoisotopic (exact) mass is 286 g/mol. The molecule has 21 heavy (non-hydrogen) atoms. The summed E-state index contributed by atoms with van der Waals surface area (Å²) in [4.78, 5) is 2.57. The van der Waals surface area contributed by atoms with Gasteiger partial charge in [-0.05, 0) is 43.6 Å². The van der Waals surface area contributed by atoms with Gasteiger partial charge < -0.3 is 0 Å². The van der Waals surface area contributed by atoms with Crippen LogP contribution in [0.2, 0.25) is 0 Å². The zero-order valence-corrected chi connectivity index (χ0v) is 13.2. The molecule has 0 fully saturated rings. The first-order valence-corrected chi connectivity index (χ1v) is 7.99. The van der Waals surface area contributed by atoms with Crippen molar-refractivity contribution in [2.24, 2.45) is 0 Å². The van der Waals surface area contributed by atoms with Crippen LogP contribution in [0.25, 0.3) is 5.69 Å². The molecule has 0 N–H and O–H groups in total. The van der Waals surface area contributed by atoms with Gasteiger partial charge in [-0.1, -0.05) is 38.8 Å². The van der Waals surface area contributed by atoms with Crippen molar-refractivity contribution >= 4 is 0 Å². The number of hydrogen-bond donors (Lipinski definition) is 0. The van der Waals surface area contributed by atoms with Gasteiger partial charge in [0.2, 0.25) is 0 Å². The molecule has 0 radical (unpaired) electrons. The Morgan fingerprint density at radius 3 is 2.00 bits per heavy atom. The molecule has 1 heterocycles. The van der Waals surface area contributed by atoms with E-state index in [2.05, 4.69) is 53.2 Å². The Labute approximate surface area is 127 Å². The second-order valence-electron chi connectivity index (χ2n) is 5.52. The summed E-state index contributed by atoms with van der Waals surface area (Å²) in [5.41, 5.74) is 2.48. The van der Waals surface area contributed by atoms with Gasteiger partial charge in [0.25, 0.3) is 0 Å². The van der Waals surface area contributed by atoms with Crippen molar-refractivity contribution in [1.82, 2.24) is 19.7 Å². The lowest BCUT2D eigenvalue weighted by molar-refractivity contribution is 0.257. The molecule has 0 amide bonds. The quantitative estimate of drug-likeness (QED) is 0.705. The first kappa shape index (κ1) is 15.7.